The summed E-state index contributed by atoms with van der Waals surface area (Å²) < 4.78 is 5.12. The molecule has 4 nitrogen and oxygen atoms in total. The highest BCUT2D eigenvalue weighted by atomic mass is 35.5. The molecule has 0 fully saturated rings. The van der Waals surface area contributed by atoms with E-state index in [9.17, 15) is 5.11 Å². The minimum Gasteiger partial charge on any atom is -0.380 e. The van der Waals surface area contributed by atoms with Gasteiger partial charge in [-0.1, -0.05) is 42.2 Å². The van der Waals surface area contributed by atoms with Gasteiger partial charge in [-0.3, -0.25) is 0 Å². The zero-order valence-electron chi connectivity index (χ0n) is 10.4. The molecule has 1 heterocycles. The standard InChI is InChI=1S/C13H15ClN2O2/c1-3-8-13(2,17)12-15-11(16-18-12)9-6-4-5-7-10(9)14/h4-7,17H,3,8H2,1-2H3/t13-/m1/s1. The Morgan fingerprint density at radius 3 is 2.78 bits per heavy atom. The summed E-state index contributed by atoms with van der Waals surface area (Å²) in [6, 6.07) is 7.25. The summed E-state index contributed by atoms with van der Waals surface area (Å²) in [5, 5.41) is 14.6. The molecule has 2 rings (SSSR count). The lowest BCUT2D eigenvalue weighted by molar-refractivity contribution is 0.0138. The lowest BCUT2D eigenvalue weighted by Gasteiger charge is -2.16. The second-order valence-electron chi connectivity index (χ2n) is 4.43. The van der Waals surface area contributed by atoms with Crippen molar-refractivity contribution in [2.45, 2.75) is 32.3 Å². The smallest absolute Gasteiger partial charge is 0.258 e. The van der Waals surface area contributed by atoms with Crippen LogP contribution in [0.3, 0.4) is 0 Å². The van der Waals surface area contributed by atoms with Crippen molar-refractivity contribution in [3.63, 3.8) is 0 Å². The molecular weight excluding hydrogens is 252 g/mol. The third-order valence-electron chi connectivity index (χ3n) is 2.74. The van der Waals surface area contributed by atoms with Crippen molar-refractivity contribution in [2.24, 2.45) is 0 Å². The number of hydrogen-bond acceptors (Lipinski definition) is 4. The highest BCUT2D eigenvalue weighted by molar-refractivity contribution is 6.33. The fourth-order valence-electron chi connectivity index (χ4n) is 1.79. The molecular formula is C13H15ClN2O2. The Kier molecular flexibility index (Phi) is 3.68. The molecule has 5 heteroatoms. The Morgan fingerprint density at radius 2 is 2.11 bits per heavy atom. The molecule has 0 saturated carbocycles. The van der Waals surface area contributed by atoms with Crippen LogP contribution < -0.4 is 0 Å². The molecule has 0 aliphatic carbocycles. The van der Waals surface area contributed by atoms with Crippen molar-refractivity contribution in [1.29, 1.82) is 0 Å². The van der Waals surface area contributed by atoms with Crippen LogP contribution in [-0.2, 0) is 5.60 Å². The van der Waals surface area contributed by atoms with Gasteiger partial charge in [0, 0.05) is 5.56 Å². The van der Waals surface area contributed by atoms with E-state index in [0.717, 1.165) is 6.42 Å². The Bertz CT molecular complexity index is 537. The summed E-state index contributed by atoms with van der Waals surface area (Å²) in [5.74, 6) is 0.617. The first kappa shape index (κ1) is 13.1. The Morgan fingerprint density at radius 1 is 1.39 bits per heavy atom. The maximum Gasteiger partial charge on any atom is 0.258 e. The average molecular weight is 267 g/mol. The summed E-state index contributed by atoms with van der Waals surface area (Å²) in [6.45, 7) is 3.65. The van der Waals surface area contributed by atoms with Gasteiger partial charge in [-0.05, 0) is 25.5 Å². The molecule has 1 N–H and O–H groups in total. The van der Waals surface area contributed by atoms with Gasteiger partial charge in [0.25, 0.3) is 5.89 Å². The SMILES string of the molecule is CCC[C@@](C)(O)c1nc(-c2ccccc2Cl)no1. The number of aromatic nitrogens is 2. The van der Waals surface area contributed by atoms with Crippen LogP contribution in [0.15, 0.2) is 28.8 Å². The topological polar surface area (TPSA) is 59.2 Å². The summed E-state index contributed by atoms with van der Waals surface area (Å²) in [4.78, 5) is 4.22. The van der Waals surface area contributed by atoms with Crippen molar-refractivity contribution in [1.82, 2.24) is 10.1 Å². The maximum absolute atomic E-state index is 10.2. The minimum absolute atomic E-state index is 0.222. The minimum atomic E-state index is -1.10. The van der Waals surface area contributed by atoms with Gasteiger partial charge >= 0.3 is 0 Å². The third-order valence-corrected chi connectivity index (χ3v) is 3.07. The van der Waals surface area contributed by atoms with Crippen molar-refractivity contribution < 1.29 is 9.63 Å². The van der Waals surface area contributed by atoms with Gasteiger partial charge in [0.05, 0.1) is 5.02 Å². The number of benzene rings is 1. The molecule has 0 radical (unpaired) electrons. The Labute approximate surface area is 111 Å². The second kappa shape index (κ2) is 5.08. The van der Waals surface area contributed by atoms with Crippen molar-refractivity contribution in [2.75, 3.05) is 0 Å². The largest absolute Gasteiger partial charge is 0.380 e. The van der Waals surface area contributed by atoms with E-state index in [1.165, 1.54) is 0 Å². The first-order chi connectivity index (χ1) is 8.54. The number of halogens is 1. The summed E-state index contributed by atoms with van der Waals surface area (Å²) >= 11 is 6.06. The zero-order chi connectivity index (χ0) is 13.2. The fourth-order valence-corrected chi connectivity index (χ4v) is 2.01. The molecule has 0 bridgehead atoms. The van der Waals surface area contributed by atoms with E-state index < -0.39 is 5.60 Å². The van der Waals surface area contributed by atoms with Gasteiger partial charge in [-0.25, -0.2) is 0 Å². The highest BCUT2D eigenvalue weighted by Crippen LogP contribution is 2.29. The van der Waals surface area contributed by atoms with Crippen LogP contribution in [0.4, 0.5) is 0 Å². The molecule has 0 unspecified atom stereocenters. The van der Waals surface area contributed by atoms with E-state index >= 15 is 0 Å². The Hall–Kier alpha value is -1.39. The summed E-state index contributed by atoms with van der Waals surface area (Å²) in [7, 11) is 0. The van der Waals surface area contributed by atoms with Gasteiger partial charge in [0.15, 0.2) is 0 Å². The zero-order valence-corrected chi connectivity index (χ0v) is 11.1. The monoisotopic (exact) mass is 266 g/mol. The lowest BCUT2D eigenvalue weighted by Crippen LogP contribution is -2.21. The lowest BCUT2D eigenvalue weighted by atomic mass is 10.0. The van der Waals surface area contributed by atoms with Crippen LogP contribution in [0.1, 0.15) is 32.6 Å². The fraction of sp³-hybridized carbons (Fsp3) is 0.385. The molecule has 18 heavy (non-hydrogen) atoms. The molecule has 0 saturated heterocycles. The van der Waals surface area contributed by atoms with E-state index in [1.807, 2.05) is 25.1 Å². The maximum atomic E-state index is 10.2. The molecule has 0 spiro atoms. The van der Waals surface area contributed by atoms with Crippen LogP contribution in [-0.4, -0.2) is 15.2 Å². The van der Waals surface area contributed by atoms with Crippen LogP contribution in [0.2, 0.25) is 5.02 Å². The van der Waals surface area contributed by atoms with Crippen molar-refractivity contribution >= 4 is 11.6 Å². The molecule has 1 aromatic heterocycles. The quantitative estimate of drug-likeness (QED) is 0.921. The van der Waals surface area contributed by atoms with E-state index in [0.29, 0.717) is 22.8 Å². The second-order valence-corrected chi connectivity index (χ2v) is 4.83. The predicted molar refractivity (Wildman–Crippen MR) is 69.2 cm³/mol. The molecule has 0 aliphatic heterocycles. The summed E-state index contributed by atoms with van der Waals surface area (Å²) in [5.41, 5.74) is -0.400. The van der Waals surface area contributed by atoms with Gasteiger partial charge in [-0.15, -0.1) is 0 Å². The van der Waals surface area contributed by atoms with Gasteiger partial charge in [0.1, 0.15) is 5.60 Å². The molecule has 0 aliphatic rings. The van der Waals surface area contributed by atoms with Crippen LogP contribution in [0.5, 0.6) is 0 Å². The van der Waals surface area contributed by atoms with E-state index in [1.54, 1.807) is 13.0 Å². The van der Waals surface area contributed by atoms with Crippen molar-refractivity contribution in [3.8, 4) is 11.4 Å². The van der Waals surface area contributed by atoms with Crippen LogP contribution in [0.25, 0.3) is 11.4 Å². The van der Waals surface area contributed by atoms with Gasteiger partial charge in [-0.2, -0.15) is 4.98 Å². The first-order valence-electron chi connectivity index (χ1n) is 5.86. The molecule has 1 atom stereocenters. The number of rotatable bonds is 4. The highest BCUT2D eigenvalue weighted by Gasteiger charge is 2.29. The first-order valence-corrected chi connectivity index (χ1v) is 6.24. The van der Waals surface area contributed by atoms with Crippen LogP contribution in [0, 0.1) is 0 Å². The van der Waals surface area contributed by atoms with Crippen molar-refractivity contribution in [3.05, 3.63) is 35.2 Å². The molecule has 1 aromatic carbocycles. The number of aliphatic hydroxyl groups is 1. The van der Waals surface area contributed by atoms with Gasteiger partial charge < -0.3 is 9.63 Å². The molecule has 0 amide bonds. The normalized spacial score (nSPS) is 14.4. The molecule has 2 aromatic rings. The van der Waals surface area contributed by atoms with Gasteiger partial charge in [0.2, 0.25) is 5.82 Å². The van der Waals surface area contributed by atoms with E-state index in [-0.39, 0.29) is 5.89 Å². The number of hydrogen-bond donors (Lipinski definition) is 1. The van der Waals surface area contributed by atoms with E-state index in [4.69, 9.17) is 16.1 Å². The van der Waals surface area contributed by atoms with Crippen LogP contribution >= 0.6 is 11.6 Å². The number of nitrogens with zero attached hydrogens (tertiary/aromatic N) is 2. The average Bonchev–Trinajstić information content (AvgIpc) is 2.79. The molecule has 96 valence electrons. The predicted octanol–water partition coefficient (Wildman–Crippen LogP) is 3.40. The van der Waals surface area contributed by atoms with E-state index in [2.05, 4.69) is 10.1 Å². The Balaban J connectivity index is 2.34. The summed E-state index contributed by atoms with van der Waals surface area (Å²) in [6.07, 6.45) is 1.40. The third kappa shape index (κ3) is 2.54.